The Kier molecular flexibility index (Phi) is 2.19. The summed E-state index contributed by atoms with van der Waals surface area (Å²) in [5, 5.41) is 17.9. The van der Waals surface area contributed by atoms with Crippen molar-refractivity contribution in [3.63, 3.8) is 0 Å². The summed E-state index contributed by atoms with van der Waals surface area (Å²) in [6.07, 6.45) is 1.17. The van der Waals surface area contributed by atoms with Crippen molar-refractivity contribution >= 4 is 11.9 Å². The van der Waals surface area contributed by atoms with Crippen molar-refractivity contribution in [3.8, 4) is 0 Å². The third-order valence-corrected chi connectivity index (χ3v) is 3.34. The molecule has 14 heavy (non-hydrogen) atoms. The molecule has 0 saturated carbocycles. The number of carboxylic acid groups (broad SMARTS) is 2. The molecule has 2 unspecified atom stereocenters. The Hall–Kier alpha value is -1.10. The molecule has 5 nitrogen and oxygen atoms in total. The van der Waals surface area contributed by atoms with E-state index in [1.807, 2.05) is 4.90 Å². The Morgan fingerprint density at radius 3 is 1.79 bits per heavy atom. The van der Waals surface area contributed by atoms with E-state index < -0.39 is 23.8 Å². The fraction of sp³-hybridized carbons (Fsp3) is 0.778. The molecule has 78 valence electrons. The summed E-state index contributed by atoms with van der Waals surface area (Å²) in [5.74, 6) is -2.69. The molecule has 0 aliphatic carbocycles. The monoisotopic (exact) mass is 199 g/mol. The molecule has 2 heterocycles. The Morgan fingerprint density at radius 2 is 1.43 bits per heavy atom. The largest absolute Gasteiger partial charge is 0.481 e. The molecule has 0 spiro atoms. The van der Waals surface area contributed by atoms with Crippen LogP contribution in [0, 0.1) is 11.8 Å². The van der Waals surface area contributed by atoms with Crippen molar-refractivity contribution in [2.45, 2.75) is 18.9 Å². The molecule has 0 bridgehead atoms. The lowest BCUT2D eigenvalue weighted by Gasteiger charge is -2.20. The number of carboxylic acids is 2. The topological polar surface area (TPSA) is 77.8 Å². The first-order chi connectivity index (χ1) is 6.61. The van der Waals surface area contributed by atoms with Gasteiger partial charge in [-0.1, -0.05) is 0 Å². The second kappa shape index (κ2) is 3.24. The molecule has 2 atom stereocenters. The van der Waals surface area contributed by atoms with Crippen molar-refractivity contribution in [2.75, 3.05) is 13.1 Å². The minimum atomic E-state index is -0.856. The number of nitrogens with zero attached hydrogens (tertiary/aromatic N) is 1. The van der Waals surface area contributed by atoms with E-state index in [9.17, 15) is 9.59 Å². The van der Waals surface area contributed by atoms with Crippen LogP contribution in [0.5, 0.6) is 0 Å². The maximum atomic E-state index is 10.9. The second-order valence-electron chi connectivity index (χ2n) is 3.99. The molecule has 0 aromatic heterocycles. The van der Waals surface area contributed by atoms with Gasteiger partial charge >= 0.3 is 11.9 Å². The van der Waals surface area contributed by atoms with E-state index in [1.165, 1.54) is 0 Å². The highest BCUT2D eigenvalue weighted by Crippen LogP contribution is 2.37. The van der Waals surface area contributed by atoms with Crippen molar-refractivity contribution < 1.29 is 19.8 Å². The summed E-state index contributed by atoms with van der Waals surface area (Å²) >= 11 is 0. The highest BCUT2D eigenvalue weighted by molar-refractivity contribution is 5.76. The van der Waals surface area contributed by atoms with Crippen LogP contribution in [0.3, 0.4) is 0 Å². The minimum Gasteiger partial charge on any atom is -0.481 e. The number of rotatable bonds is 2. The molecule has 2 saturated heterocycles. The summed E-state index contributed by atoms with van der Waals surface area (Å²) in [6.45, 7) is 1.46. The molecule has 0 aromatic carbocycles. The van der Waals surface area contributed by atoms with Crippen molar-refractivity contribution in [2.24, 2.45) is 11.8 Å². The van der Waals surface area contributed by atoms with Crippen LogP contribution < -0.4 is 0 Å². The van der Waals surface area contributed by atoms with E-state index in [4.69, 9.17) is 10.2 Å². The number of carbonyl (C=O) groups is 2. The molecule has 2 N–H and O–H groups in total. The average molecular weight is 199 g/mol. The van der Waals surface area contributed by atoms with Gasteiger partial charge in [-0.25, -0.2) is 0 Å². The first-order valence-corrected chi connectivity index (χ1v) is 4.81. The molecule has 2 aliphatic rings. The van der Waals surface area contributed by atoms with E-state index in [-0.39, 0.29) is 6.04 Å². The molecule has 2 fully saturated rings. The highest BCUT2D eigenvalue weighted by atomic mass is 16.4. The SMILES string of the molecule is O=C(O)C1CCN2CCC(C(=O)O)C12. The van der Waals surface area contributed by atoms with Crippen molar-refractivity contribution in [1.29, 1.82) is 0 Å². The maximum absolute atomic E-state index is 10.9. The van der Waals surface area contributed by atoms with Gasteiger partial charge in [-0.05, 0) is 25.9 Å². The Balaban J connectivity index is 2.19. The molecule has 5 heteroatoms. The van der Waals surface area contributed by atoms with Crippen LogP contribution in [0.4, 0.5) is 0 Å². The van der Waals surface area contributed by atoms with Gasteiger partial charge in [-0.15, -0.1) is 0 Å². The quantitative estimate of drug-likeness (QED) is 0.647. The van der Waals surface area contributed by atoms with Gasteiger partial charge in [-0.3, -0.25) is 14.5 Å². The zero-order valence-corrected chi connectivity index (χ0v) is 7.72. The van der Waals surface area contributed by atoms with E-state index in [0.717, 1.165) is 13.1 Å². The van der Waals surface area contributed by atoms with Gasteiger partial charge in [0, 0.05) is 6.04 Å². The molecule has 2 rings (SSSR count). The number of fused-ring (bicyclic) bond motifs is 1. The number of hydrogen-bond donors (Lipinski definition) is 2. The predicted octanol–water partition coefficient (Wildman–Crippen LogP) is -0.134. The lowest BCUT2D eigenvalue weighted by molar-refractivity contribution is -0.146. The fourth-order valence-corrected chi connectivity index (χ4v) is 2.69. The van der Waals surface area contributed by atoms with E-state index >= 15 is 0 Å². The highest BCUT2D eigenvalue weighted by Gasteiger charge is 2.49. The van der Waals surface area contributed by atoms with Crippen molar-refractivity contribution in [1.82, 2.24) is 4.90 Å². The smallest absolute Gasteiger partial charge is 0.308 e. The number of hydrogen-bond acceptors (Lipinski definition) is 3. The zero-order chi connectivity index (χ0) is 10.3. The van der Waals surface area contributed by atoms with Gasteiger partial charge < -0.3 is 10.2 Å². The van der Waals surface area contributed by atoms with Crippen molar-refractivity contribution in [3.05, 3.63) is 0 Å². The lowest BCUT2D eigenvalue weighted by Crippen LogP contribution is -2.37. The first kappa shape index (κ1) is 9.45. The van der Waals surface area contributed by atoms with Gasteiger partial charge in [0.05, 0.1) is 11.8 Å². The van der Waals surface area contributed by atoms with Gasteiger partial charge in [0.2, 0.25) is 0 Å². The lowest BCUT2D eigenvalue weighted by atomic mass is 9.90. The molecule has 0 aromatic rings. The fourth-order valence-electron chi connectivity index (χ4n) is 2.69. The van der Waals surface area contributed by atoms with Gasteiger partial charge in [0.15, 0.2) is 0 Å². The zero-order valence-electron chi connectivity index (χ0n) is 7.72. The standard InChI is InChI=1S/C9H13NO4/c11-8(12)5-1-3-10-4-2-6(7(5)10)9(13)14/h5-7H,1-4H2,(H,11,12)(H,13,14). The van der Waals surface area contributed by atoms with E-state index in [0.29, 0.717) is 12.8 Å². The molecule has 0 amide bonds. The number of aliphatic carboxylic acids is 2. The average Bonchev–Trinajstić information content (AvgIpc) is 2.59. The molecule has 2 aliphatic heterocycles. The Bertz CT molecular complexity index is 252. The van der Waals surface area contributed by atoms with Gasteiger partial charge in [0.25, 0.3) is 0 Å². The first-order valence-electron chi connectivity index (χ1n) is 4.81. The van der Waals surface area contributed by atoms with Crippen LogP contribution in [-0.4, -0.2) is 46.2 Å². The third kappa shape index (κ3) is 1.28. The molecular formula is C9H13NO4. The Labute approximate surface area is 81.3 Å². The van der Waals surface area contributed by atoms with Gasteiger partial charge in [-0.2, -0.15) is 0 Å². The summed E-state index contributed by atoms with van der Waals surface area (Å²) in [7, 11) is 0. The molecule has 0 radical (unpaired) electrons. The van der Waals surface area contributed by atoms with E-state index in [2.05, 4.69) is 0 Å². The van der Waals surface area contributed by atoms with Crippen LogP contribution in [0.15, 0.2) is 0 Å². The maximum Gasteiger partial charge on any atom is 0.308 e. The van der Waals surface area contributed by atoms with Crippen LogP contribution >= 0.6 is 0 Å². The summed E-state index contributed by atoms with van der Waals surface area (Å²) < 4.78 is 0. The van der Waals surface area contributed by atoms with Crippen LogP contribution in [-0.2, 0) is 9.59 Å². The van der Waals surface area contributed by atoms with Crippen LogP contribution in [0.2, 0.25) is 0 Å². The van der Waals surface area contributed by atoms with Gasteiger partial charge in [0.1, 0.15) is 0 Å². The Morgan fingerprint density at radius 1 is 1.00 bits per heavy atom. The molecular weight excluding hydrogens is 186 g/mol. The minimum absolute atomic E-state index is 0.273. The normalized spacial score (nSPS) is 37.0. The van der Waals surface area contributed by atoms with Crippen LogP contribution in [0.25, 0.3) is 0 Å². The second-order valence-corrected chi connectivity index (χ2v) is 3.99. The summed E-state index contributed by atoms with van der Waals surface area (Å²) in [5.41, 5.74) is 0. The van der Waals surface area contributed by atoms with E-state index in [1.54, 1.807) is 0 Å². The summed E-state index contributed by atoms with van der Waals surface area (Å²) in [6, 6.07) is -0.273. The van der Waals surface area contributed by atoms with Crippen LogP contribution in [0.1, 0.15) is 12.8 Å². The summed E-state index contributed by atoms with van der Waals surface area (Å²) in [4.78, 5) is 23.8. The predicted molar refractivity (Wildman–Crippen MR) is 46.8 cm³/mol. The third-order valence-electron chi connectivity index (χ3n) is 3.34.